The fraction of sp³-hybridized carbons (Fsp3) is 0.636. The van der Waals surface area contributed by atoms with Gasteiger partial charge < -0.3 is 15.4 Å². The van der Waals surface area contributed by atoms with Crippen LogP contribution in [0.25, 0.3) is 0 Å². The van der Waals surface area contributed by atoms with E-state index in [9.17, 15) is 27.2 Å². The van der Waals surface area contributed by atoms with Crippen molar-refractivity contribution in [1.29, 1.82) is 0 Å². The molecule has 1 amide bonds. The number of amides is 1. The first kappa shape index (κ1) is 26.9. The van der Waals surface area contributed by atoms with Gasteiger partial charge in [0.25, 0.3) is 0 Å². The first-order valence-corrected chi connectivity index (χ1v) is 10.5. The highest BCUT2D eigenvalue weighted by molar-refractivity contribution is 5.90. The zero-order chi connectivity index (χ0) is 23.4. The van der Waals surface area contributed by atoms with Crippen molar-refractivity contribution in [2.24, 2.45) is 11.8 Å². The van der Waals surface area contributed by atoms with Crippen LogP contribution in [0.1, 0.15) is 52.0 Å². The van der Waals surface area contributed by atoms with Crippen molar-refractivity contribution in [2.75, 3.05) is 25.0 Å². The Hall–Kier alpha value is -2.16. The molecular formula is C22H32F4N2O3. The van der Waals surface area contributed by atoms with Crippen LogP contribution in [0.2, 0.25) is 0 Å². The van der Waals surface area contributed by atoms with Crippen molar-refractivity contribution < 1.29 is 31.9 Å². The Morgan fingerprint density at radius 1 is 1.26 bits per heavy atom. The van der Waals surface area contributed by atoms with Crippen molar-refractivity contribution >= 4 is 17.6 Å². The van der Waals surface area contributed by atoms with Gasteiger partial charge in [-0.25, -0.2) is 4.39 Å². The van der Waals surface area contributed by atoms with E-state index in [1.54, 1.807) is 13.8 Å². The van der Waals surface area contributed by atoms with Crippen LogP contribution < -0.4 is 10.6 Å². The second-order valence-electron chi connectivity index (χ2n) is 7.77. The smallest absolute Gasteiger partial charge is 0.389 e. The number of piperidine rings is 1. The SMILES string of the molecule is CC1CCNCC1.CCOC(=O)C(C)Cc1ccc(F)c(NC(=O)CCC(F)(F)F)c1. The monoisotopic (exact) mass is 448 g/mol. The largest absolute Gasteiger partial charge is 0.466 e. The lowest BCUT2D eigenvalue weighted by atomic mass is 10.0. The van der Waals surface area contributed by atoms with Crippen molar-refractivity contribution in [3.8, 4) is 0 Å². The molecule has 1 aromatic carbocycles. The topological polar surface area (TPSA) is 67.4 Å². The second kappa shape index (κ2) is 13.3. The number of halogens is 4. The highest BCUT2D eigenvalue weighted by atomic mass is 19.4. The van der Waals surface area contributed by atoms with Gasteiger partial charge in [0.1, 0.15) is 5.82 Å². The summed E-state index contributed by atoms with van der Waals surface area (Å²) in [5.74, 6) is -1.59. The van der Waals surface area contributed by atoms with Gasteiger partial charge in [0.05, 0.1) is 24.6 Å². The lowest BCUT2D eigenvalue weighted by molar-refractivity contribution is -0.147. The van der Waals surface area contributed by atoms with Gasteiger partial charge in [-0.15, -0.1) is 0 Å². The Morgan fingerprint density at radius 2 is 1.90 bits per heavy atom. The van der Waals surface area contributed by atoms with Crippen LogP contribution in [0.4, 0.5) is 23.2 Å². The molecule has 1 saturated heterocycles. The fourth-order valence-electron chi connectivity index (χ4n) is 2.95. The Labute approximate surface area is 180 Å². The van der Waals surface area contributed by atoms with Gasteiger partial charge in [-0.05, 0) is 62.9 Å². The van der Waals surface area contributed by atoms with E-state index >= 15 is 0 Å². The van der Waals surface area contributed by atoms with Gasteiger partial charge in [0.15, 0.2) is 0 Å². The number of rotatable bonds is 7. The molecule has 9 heteroatoms. The fourth-order valence-corrected chi connectivity index (χ4v) is 2.95. The summed E-state index contributed by atoms with van der Waals surface area (Å²) in [6.45, 7) is 8.36. The molecular weight excluding hydrogens is 416 g/mol. The van der Waals surface area contributed by atoms with E-state index in [0.717, 1.165) is 12.0 Å². The number of carbonyl (C=O) groups is 2. The van der Waals surface area contributed by atoms with Crippen LogP contribution in [-0.2, 0) is 20.7 Å². The Morgan fingerprint density at radius 3 is 2.42 bits per heavy atom. The minimum absolute atomic E-state index is 0.212. The Bertz CT molecular complexity index is 704. The van der Waals surface area contributed by atoms with Gasteiger partial charge in [0.2, 0.25) is 5.91 Å². The van der Waals surface area contributed by atoms with Gasteiger partial charge in [-0.1, -0.05) is 19.9 Å². The van der Waals surface area contributed by atoms with E-state index in [4.69, 9.17) is 4.74 Å². The maximum absolute atomic E-state index is 13.7. The summed E-state index contributed by atoms with van der Waals surface area (Å²) in [6, 6.07) is 3.83. The average molecular weight is 449 g/mol. The summed E-state index contributed by atoms with van der Waals surface area (Å²) < 4.78 is 54.8. The van der Waals surface area contributed by atoms with Crippen molar-refractivity contribution in [1.82, 2.24) is 5.32 Å². The molecule has 1 aliphatic heterocycles. The molecule has 1 heterocycles. The number of nitrogens with one attached hydrogen (secondary N) is 2. The number of alkyl halides is 3. The van der Waals surface area contributed by atoms with E-state index in [1.807, 2.05) is 0 Å². The first-order valence-electron chi connectivity index (χ1n) is 10.5. The predicted octanol–water partition coefficient (Wildman–Crippen LogP) is 4.85. The molecule has 2 N–H and O–H groups in total. The summed E-state index contributed by atoms with van der Waals surface area (Å²) in [4.78, 5) is 23.1. The molecule has 176 valence electrons. The number of anilines is 1. The molecule has 1 aliphatic rings. The third-order valence-corrected chi connectivity index (χ3v) is 4.80. The van der Waals surface area contributed by atoms with Gasteiger partial charge in [-0.2, -0.15) is 13.2 Å². The third-order valence-electron chi connectivity index (χ3n) is 4.80. The lowest BCUT2D eigenvalue weighted by Gasteiger charge is -2.17. The number of benzene rings is 1. The zero-order valence-electron chi connectivity index (χ0n) is 18.3. The molecule has 0 spiro atoms. The third kappa shape index (κ3) is 11.7. The van der Waals surface area contributed by atoms with Gasteiger partial charge >= 0.3 is 12.1 Å². The van der Waals surface area contributed by atoms with E-state index < -0.39 is 42.6 Å². The van der Waals surface area contributed by atoms with Crippen molar-refractivity contribution in [2.45, 2.75) is 59.1 Å². The summed E-state index contributed by atoms with van der Waals surface area (Å²) >= 11 is 0. The Balaban J connectivity index is 0.000000577. The van der Waals surface area contributed by atoms with Crippen LogP contribution in [0.15, 0.2) is 18.2 Å². The minimum Gasteiger partial charge on any atom is -0.466 e. The number of ether oxygens (including phenoxy) is 1. The minimum atomic E-state index is -4.45. The number of carbonyl (C=O) groups excluding carboxylic acids is 2. The van der Waals surface area contributed by atoms with Crippen molar-refractivity contribution in [3.63, 3.8) is 0 Å². The molecule has 0 saturated carbocycles. The van der Waals surface area contributed by atoms with Gasteiger partial charge in [-0.3, -0.25) is 9.59 Å². The first-order chi connectivity index (χ1) is 14.5. The van der Waals surface area contributed by atoms with Crippen LogP contribution in [-0.4, -0.2) is 37.7 Å². The maximum atomic E-state index is 13.7. The van der Waals surface area contributed by atoms with Gasteiger partial charge in [0, 0.05) is 6.42 Å². The quantitative estimate of drug-likeness (QED) is 0.462. The van der Waals surface area contributed by atoms with Crippen LogP contribution in [0.5, 0.6) is 0 Å². The molecule has 0 aromatic heterocycles. The summed E-state index contributed by atoms with van der Waals surface area (Å²) in [5, 5.41) is 5.44. The standard InChI is InChI=1S/C16H19F4NO3.C6H13N/c1-3-24-15(23)10(2)8-11-4-5-12(17)13(9-11)21-14(22)6-7-16(18,19)20;1-6-2-4-7-5-3-6/h4-5,9-10H,3,6-8H2,1-2H3,(H,21,22);6-7H,2-5H2,1H3. The van der Waals surface area contributed by atoms with E-state index in [1.165, 1.54) is 38.1 Å². The van der Waals surface area contributed by atoms with Crippen LogP contribution >= 0.6 is 0 Å². The highest BCUT2D eigenvalue weighted by Gasteiger charge is 2.28. The number of hydrogen-bond acceptors (Lipinski definition) is 4. The highest BCUT2D eigenvalue weighted by Crippen LogP contribution is 2.23. The van der Waals surface area contributed by atoms with E-state index in [0.29, 0.717) is 5.56 Å². The van der Waals surface area contributed by atoms with E-state index in [2.05, 4.69) is 17.6 Å². The molecule has 1 aromatic rings. The Kier molecular flexibility index (Phi) is 11.5. The molecule has 1 atom stereocenters. The molecule has 5 nitrogen and oxygen atoms in total. The average Bonchev–Trinajstić information content (AvgIpc) is 2.69. The maximum Gasteiger partial charge on any atom is 0.389 e. The van der Waals surface area contributed by atoms with E-state index in [-0.39, 0.29) is 18.7 Å². The molecule has 1 unspecified atom stereocenters. The van der Waals surface area contributed by atoms with Crippen LogP contribution in [0.3, 0.4) is 0 Å². The van der Waals surface area contributed by atoms with Crippen molar-refractivity contribution in [3.05, 3.63) is 29.6 Å². The number of esters is 1. The molecule has 1 fully saturated rings. The summed E-state index contributed by atoms with van der Waals surface area (Å²) in [6.07, 6.45) is -3.51. The molecule has 2 rings (SSSR count). The molecule has 0 aliphatic carbocycles. The summed E-state index contributed by atoms with van der Waals surface area (Å²) in [7, 11) is 0. The van der Waals surface area contributed by atoms with Crippen LogP contribution in [0, 0.1) is 17.7 Å². The normalized spacial score (nSPS) is 15.5. The molecule has 0 radical (unpaired) electrons. The predicted molar refractivity (Wildman–Crippen MR) is 111 cm³/mol. The zero-order valence-corrected chi connectivity index (χ0v) is 18.3. The summed E-state index contributed by atoms with van der Waals surface area (Å²) in [5.41, 5.74) is 0.346. The second-order valence-corrected chi connectivity index (χ2v) is 7.77. The molecule has 0 bridgehead atoms. The number of hydrogen-bond donors (Lipinski definition) is 2. The lowest BCUT2D eigenvalue weighted by Crippen LogP contribution is -2.26. The molecule has 31 heavy (non-hydrogen) atoms.